The van der Waals surface area contributed by atoms with Crippen LogP contribution in [0.4, 0.5) is 17.2 Å². The van der Waals surface area contributed by atoms with E-state index in [1.165, 1.54) is 6.33 Å². The zero-order valence-corrected chi connectivity index (χ0v) is 16.0. The number of nitro groups is 1. The van der Waals surface area contributed by atoms with Gasteiger partial charge < -0.3 is 14.8 Å². The average molecular weight is 403 g/mol. The Bertz CT molecular complexity index is 1210. The molecular weight excluding hydrogens is 386 g/mol. The molecule has 0 bridgehead atoms. The summed E-state index contributed by atoms with van der Waals surface area (Å²) in [5, 5.41) is 15.7. The van der Waals surface area contributed by atoms with E-state index in [2.05, 4.69) is 20.3 Å². The third kappa shape index (κ3) is 3.81. The number of nitrogens with one attached hydrogen (secondary N) is 1. The number of aromatic nitrogens is 3. The molecule has 0 saturated carbocycles. The molecule has 0 saturated heterocycles. The van der Waals surface area contributed by atoms with E-state index in [0.29, 0.717) is 29.3 Å². The Hall–Kier alpha value is -4.27. The van der Waals surface area contributed by atoms with Gasteiger partial charge in [0, 0.05) is 11.6 Å². The molecule has 0 aliphatic rings. The van der Waals surface area contributed by atoms with E-state index >= 15 is 0 Å². The summed E-state index contributed by atoms with van der Waals surface area (Å²) in [6.45, 7) is 2.31. The zero-order valence-electron chi connectivity index (χ0n) is 16.0. The molecule has 0 amide bonds. The summed E-state index contributed by atoms with van der Waals surface area (Å²) in [6, 6.07) is 16.1. The molecule has 0 fully saturated rings. The molecule has 0 radical (unpaired) electrons. The molecule has 0 atom stereocenters. The van der Waals surface area contributed by atoms with Crippen LogP contribution in [-0.4, -0.2) is 26.5 Å². The van der Waals surface area contributed by atoms with Crippen LogP contribution in [0.2, 0.25) is 0 Å². The van der Waals surface area contributed by atoms with Crippen LogP contribution < -0.4 is 14.8 Å². The van der Waals surface area contributed by atoms with Crippen molar-refractivity contribution in [2.24, 2.45) is 0 Å². The molecule has 9 heteroatoms. The van der Waals surface area contributed by atoms with Crippen molar-refractivity contribution < 1.29 is 14.4 Å². The highest BCUT2D eigenvalue weighted by Crippen LogP contribution is 2.38. The lowest BCUT2D eigenvalue weighted by Gasteiger charge is -2.13. The Morgan fingerprint density at radius 2 is 1.80 bits per heavy atom. The van der Waals surface area contributed by atoms with Crippen LogP contribution in [0.15, 0.2) is 67.1 Å². The number of fused-ring (bicyclic) bond motifs is 1. The Morgan fingerprint density at radius 3 is 2.63 bits per heavy atom. The second kappa shape index (κ2) is 8.39. The Morgan fingerprint density at radius 1 is 1.00 bits per heavy atom. The average Bonchev–Trinajstić information content (AvgIpc) is 2.75. The predicted molar refractivity (Wildman–Crippen MR) is 111 cm³/mol. The van der Waals surface area contributed by atoms with Gasteiger partial charge in [-0.3, -0.25) is 15.1 Å². The van der Waals surface area contributed by atoms with Crippen molar-refractivity contribution >= 4 is 28.1 Å². The lowest BCUT2D eigenvalue weighted by atomic mass is 10.2. The first kappa shape index (κ1) is 19.1. The van der Waals surface area contributed by atoms with Crippen molar-refractivity contribution in [2.75, 3.05) is 11.9 Å². The molecule has 1 N–H and O–H groups in total. The summed E-state index contributed by atoms with van der Waals surface area (Å²) in [7, 11) is 0. The Kier molecular flexibility index (Phi) is 5.33. The van der Waals surface area contributed by atoms with E-state index < -0.39 is 10.6 Å². The molecule has 2 aromatic heterocycles. The Labute approximate surface area is 171 Å². The first-order valence-corrected chi connectivity index (χ1v) is 9.17. The van der Waals surface area contributed by atoms with E-state index in [9.17, 15) is 10.1 Å². The van der Waals surface area contributed by atoms with Crippen molar-refractivity contribution in [3.63, 3.8) is 0 Å². The molecular formula is C21H17N5O4. The largest absolute Gasteiger partial charge is 0.492 e. The summed E-state index contributed by atoms with van der Waals surface area (Å²) >= 11 is 0. The maximum Gasteiger partial charge on any atom is 0.373 e. The van der Waals surface area contributed by atoms with Crippen molar-refractivity contribution in [3.8, 4) is 17.4 Å². The number of anilines is 2. The lowest BCUT2D eigenvalue weighted by Crippen LogP contribution is -2.05. The standard InChI is InChI=1S/C21H17N5O4/c1-2-29-16-10-4-3-9-15(16)25-20-19(26(27)28)21(24-13-23-20)30-17-11-5-7-14-8-6-12-22-18(14)17/h3-13H,2H2,1H3,(H,23,24,25). The van der Waals surface area contributed by atoms with Gasteiger partial charge >= 0.3 is 11.6 Å². The number of hydrogen-bond donors (Lipinski definition) is 1. The highest BCUT2D eigenvalue weighted by atomic mass is 16.6. The van der Waals surface area contributed by atoms with E-state index in [4.69, 9.17) is 9.47 Å². The number of nitrogens with zero attached hydrogens (tertiary/aromatic N) is 4. The van der Waals surface area contributed by atoms with Gasteiger partial charge in [0.25, 0.3) is 0 Å². The molecule has 2 heterocycles. The quantitative estimate of drug-likeness (QED) is 0.344. The molecule has 0 spiro atoms. The highest BCUT2D eigenvalue weighted by Gasteiger charge is 2.26. The van der Waals surface area contributed by atoms with E-state index in [0.717, 1.165) is 5.39 Å². The van der Waals surface area contributed by atoms with Gasteiger partial charge in [0.15, 0.2) is 5.75 Å². The minimum atomic E-state index is -0.584. The SMILES string of the molecule is CCOc1ccccc1Nc1ncnc(Oc2cccc3cccnc23)c1[N+](=O)[O-]. The smallest absolute Gasteiger partial charge is 0.373 e. The highest BCUT2D eigenvalue weighted by molar-refractivity contribution is 5.84. The molecule has 4 aromatic rings. The molecule has 9 nitrogen and oxygen atoms in total. The molecule has 0 aliphatic carbocycles. The molecule has 0 unspecified atom stereocenters. The fraction of sp³-hybridized carbons (Fsp3) is 0.0952. The Balaban J connectivity index is 1.75. The van der Waals surface area contributed by atoms with Crippen molar-refractivity contribution in [2.45, 2.75) is 6.92 Å². The second-order valence-electron chi connectivity index (χ2n) is 6.12. The molecule has 4 rings (SSSR count). The van der Waals surface area contributed by atoms with Gasteiger partial charge in [-0.2, -0.15) is 4.98 Å². The fourth-order valence-corrected chi connectivity index (χ4v) is 2.93. The van der Waals surface area contributed by atoms with E-state index in [1.54, 1.807) is 42.6 Å². The van der Waals surface area contributed by atoms with Crippen LogP contribution >= 0.6 is 0 Å². The third-order valence-corrected chi connectivity index (χ3v) is 4.21. The first-order valence-electron chi connectivity index (χ1n) is 9.17. The molecule has 150 valence electrons. The van der Waals surface area contributed by atoms with Crippen molar-refractivity contribution in [1.82, 2.24) is 15.0 Å². The van der Waals surface area contributed by atoms with Gasteiger partial charge in [0.05, 0.1) is 17.2 Å². The first-order chi connectivity index (χ1) is 14.7. The van der Waals surface area contributed by atoms with Gasteiger partial charge in [-0.1, -0.05) is 30.3 Å². The minimum absolute atomic E-state index is 0.00894. The van der Waals surface area contributed by atoms with Crippen LogP contribution in [0.1, 0.15) is 6.92 Å². The van der Waals surface area contributed by atoms with Crippen LogP contribution in [0.5, 0.6) is 17.4 Å². The number of hydrogen-bond acceptors (Lipinski definition) is 8. The predicted octanol–water partition coefficient (Wildman–Crippen LogP) is 4.87. The number of benzene rings is 2. The summed E-state index contributed by atoms with van der Waals surface area (Å²) in [4.78, 5) is 23.6. The number of ether oxygens (including phenoxy) is 2. The fourth-order valence-electron chi connectivity index (χ4n) is 2.93. The van der Waals surface area contributed by atoms with Crippen LogP contribution in [0.25, 0.3) is 10.9 Å². The maximum atomic E-state index is 11.9. The number of rotatable bonds is 7. The van der Waals surface area contributed by atoms with Crippen LogP contribution in [-0.2, 0) is 0 Å². The topological polar surface area (TPSA) is 112 Å². The minimum Gasteiger partial charge on any atom is -0.492 e. The second-order valence-corrected chi connectivity index (χ2v) is 6.12. The summed E-state index contributed by atoms with van der Waals surface area (Å²) < 4.78 is 11.4. The third-order valence-electron chi connectivity index (χ3n) is 4.21. The molecule has 0 aliphatic heterocycles. The maximum absolute atomic E-state index is 11.9. The van der Waals surface area contributed by atoms with Gasteiger partial charge in [-0.15, -0.1) is 0 Å². The molecule has 30 heavy (non-hydrogen) atoms. The van der Waals surface area contributed by atoms with E-state index in [-0.39, 0.29) is 11.7 Å². The van der Waals surface area contributed by atoms with Crippen molar-refractivity contribution in [1.29, 1.82) is 0 Å². The summed E-state index contributed by atoms with van der Waals surface area (Å²) in [5.41, 5.74) is 0.722. The van der Waals surface area contributed by atoms with Gasteiger partial charge in [0.2, 0.25) is 5.82 Å². The number of para-hydroxylation sites is 3. The van der Waals surface area contributed by atoms with Crippen LogP contribution in [0.3, 0.4) is 0 Å². The monoisotopic (exact) mass is 403 g/mol. The lowest BCUT2D eigenvalue weighted by molar-refractivity contribution is -0.385. The van der Waals surface area contributed by atoms with Gasteiger partial charge in [0.1, 0.15) is 17.6 Å². The van der Waals surface area contributed by atoms with E-state index in [1.807, 2.05) is 25.1 Å². The van der Waals surface area contributed by atoms with Gasteiger partial charge in [-0.05, 0) is 31.2 Å². The van der Waals surface area contributed by atoms with Crippen LogP contribution in [0, 0.1) is 10.1 Å². The number of pyridine rings is 1. The van der Waals surface area contributed by atoms with Gasteiger partial charge in [-0.25, -0.2) is 4.98 Å². The molecule has 2 aromatic carbocycles. The van der Waals surface area contributed by atoms with Crippen molar-refractivity contribution in [3.05, 3.63) is 77.2 Å². The zero-order chi connectivity index (χ0) is 20.9. The normalized spacial score (nSPS) is 10.6. The summed E-state index contributed by atoms with van der Waals surface area (Å²) in [6.07, 6.45) is 2.83. The summed E-state index contributed by atoms with van der Waals surface area (Å²) in [5.74, 6) is 0.707.